The quantitative estimate of drug-likeness (QED) is 0.900. The third kappa shape index (κ3) is 3.34. The number of benzene rings is 1. The van der Waals surface area contributed by atoms with Gasteiger partial charge in [0.25, 0.3) is 5.91 Å². The summed E-state index contributed by atoms with van der Waals surface area (Å²) in [6.45, 7) is 4.48. The van der Waals surface area contributed by atoms with Crippen LogP contribution < -0.4 is 10.1 Å². The van der Waals surface area contributed by atoms with Crippen LogP contribution >= 0.6 is 11.6 Å². The fourth-order valence-corrected chi connectivity index (χ4v) is 3.89. The molecule has 132 valence electrons. The van der Waals surface area contributed by atoms with Crippen LogP contribution in [-0.4, -0.2) is 46.2 Å². The standard InChI is InChI=1S/C17H19ClN4O3/c1-10-14(11-6-8-22(10)9-7-11)19-15(23)12-2-4-13(5-3-12)24-17-21-20-16(18)25-17/h2-5,10-11,14H,6-9H2,1H3,(H,19,23). The van der Waals surface area contributed by atoms with Gasteiger partial charge in [-0.3, -0.25) is 9.69 Å². The van der Waals surface area contributed by atoms with Gasteiger partial charge in [-0.05, 0) is 74.6 Å². The molecule has 3 fully saturated rings. The number of amides is 1. The van der Waals surface area contributed by atoms with Crippen molar-refractivity contribution in [1.82, 2.24) is 20.4 Å². The molecule has 3 saturated heterocycles. The normalized spacial score (nSPS) is 27.9. The highest BCUT2D eigenvalue weighted by Crippen LogP contribution is 2.32. The first-order chi connectivity index (χ1) is 12.1. The third-order valence-electron chi connectivity index (χ3n) is 5.18. The lowest BCUT2D eigenvalue weighted by Gasteiger charge is -2.49. The Morgan fingerprint density at radius 3 is 2.60 bits per heavy atom. The molecule has 8 heteroatoms. The number of piperidine rings is 3. The van der Waals surface area contributed by atoms with Gasteiger partial charge in [0.2, 0.25) is 0 Å². The summed E-state index contributed by atoms with van der Waals surface area (Å²) >= 11 is 5.55. The Bertz CT molecular complexity index is 754. The molecule has 2 aromatic rings. The molecular weight excluding hydrogens is 344 g/mol. The molecule has 5 rings (SSSR count). The Kier molecular flexibility index (Phi) is 4.35. The number of ether oxygens (including phenoxy) is 1. The summed E-state index contributed by atoms with van der Waals surface area (Å²) in [4.78, 5) is 15.0. The third-order valence-corrected chi connectivity index (χ3v) is 5.33. The van der Waals surface area contributed by atoms with E-state index in [0.717, 1.165) is 25.9 Å². The van der Waals surface area contributed by atoms with Crippen molar-refractivity contribution in [2.45, 2.75) is 31.8 Å². The van der Waals surface area contributed by atoms with E-state index in [-0.39, 0.29) is 23.4 Å². The van der Waals surface area contributed by atoms with Crippen molar-refractivity contribution in [2.75, 3.05) is 13.1 Å². The Hall–Kier alpha value is -2.12. The lowest BCUT2D eigenvalue weighted by atomic mass is 9.79. The maximum absolute atomic E-state index is 12.6. The zero-order chi connectivity index (χ0) is 17.4. The van der Waals surface area contributed by atoms with Crippen LogP contribution in [0, 0.1) is 5.92 Å². The topological polar surface area (TPSA) is 80.5 Å². The molecule has 3 aliphatic rings. The fraction of sp³-hybridized carbons (Fsp3) is 0.471. The van der Waals surface area contributed by atoms with Gasteiger partial charge in [-0.1, -0.05) is 10.2 Å². The molecule has 7 nitrogen and oxygen atoms in total. The van der Waals surface area contributed by atoms with E-state index in [2.05, 4.69) is 27.3 Å². The van der Waals surface area contributed by atoms with Crippen LogP contribution in [0.5, 0.6) is 11.8 Å². The number of nitrogens with one attached hydrogen (secondary N) is 1. The summed E-state index contributed by atoms with van der Waals surface area (Å²) in [6.07, 6.45) is 2.28. The second-order valence-corrected chi connectivity index (χ2v) is 6.88. The second-order valence-electron chi connectivity index (χ2n) is 6.56. The van der Waals surface area contributed by atoms with Gasteiger partial charge in [0.15, 0.2) is 0 Å². The predicted molar refractivity (Wildman–Crippen MR) is 90.8 cm³/mol. The van der Waals surface area contributed by atoms with Crippen LogP contribution in [0.15, 0.2) is 28.7 Å². The average Bonchev–Trinajstić information content (AvgIpc) is 3.04. The lowest BCUT2D eigenvalue weighted by molar-refractivity contribution is 0.0217. The van der Waals surface area contributed by atoms with Gasteiger partial charge in [-0.25, -0.2) is 0 Å². The van der Waals surface area contributed by atoms with E-state index >= 15 is 0 Å². The van der Waals surface area contributed by atoms with Crippen LogP contribution in [-0.2, 0) is 0 Å². The van der Waals surface area contributed by atoms with Gasteiger partial charge in [-0.15, -0.1) is 0 Å². The van der Waals surface area contributed by atoms with Gasteiger partial charge in [0.05, 0.1) is 0 Å². The minimum Gasteiger partial charge on any atom is -0.410 e. The number of hydrogen-bond donors (Lipinski definition) is 1. The number of hydrogen-bond acceptors (Lipinski definition) is 6. The fourth-order valence-electron chi connectivity index (χ4n) is 3.79. The van der Waals surface area contributed by atoms with Crippen molar-refractivity contribution in [1.29, 1.82) is 0 Å². The van der Waals surface area contributed by atoms with Crippen molar-refractivity contribution < 1.29 is 13.9 Å². The minimum absolute atomic E-state index is 0.0386. The molecule has 1 amide bonds. The summed E-state index contributed by atoms with van der Waals surface area (Å²) in [5.41, 5.74) is 0.597. The second kappa shape index (κ2) is 6.65. The molecular formula is C17H19ClN4O3. The van der Waals surface area contributed by atoms with Crippen molar-refractivity contribution in [3.8, 4) is 11.8 Å². The molecule has 2 atom stereocenters. The maximum atomic E-state index is 12.6. The van der Waals surface area contributed by atoms with Gasteiger partial charge in [0.1, 0.15) is 5.75 Å². The molecule has 1 aromatic carbocycles. The monoisotopic (exact) mass is 362 g/mol. The molecule has 1 aromatic heterocycles. The molecule has 3 aliphatic heterocycles. The van der Waals surface area contributed by atoms with Crippen LogP contribution in [0.25, 0.3) is 0 Å². The minimum atomic E-state index is -0.0855. The van der Waals surface area contributed by atoms with Crippen molar-refractivity contribution in [3.05, 3.63) is 35.2 Å². The number of carbonyl (C=O) groups is 1. The molecule has 0 saturated carbocycles. The largest absolute Gasteiger partial charge is 0.421 e. The molecule has 0 aliphatic carbocycles. The highest BCUT2D eigenvalue weighted by atomic mass is 35.5. The highest BCUT2D eigenvalue weighted by molar-refractivity contribution is 6.27. The zero-order valence-corrected chi connectivity index (χ0v) is 14.6. The number of nitrogens with zero attached hydrogens (tertiary/aromatic N) is 3. The van der Waals surface area contributed by atoms with Crippen LogP contribution in [0.3, 0.4) is 0 Å². The number of aromatic nitrogens is 2. The summed E-state index contributed by atoms with van der Waals surface area (Å²) in [7, 11) is 0. The van der Waals surface area contributed by atoms with E-state index in [0.29, 0.717) is 23.3 Å². The summed E-state index contributed by atoms with van der Waals surface area (Å²) < 4.78 is 10.3. The zero-order valence-electron chi connectivity index (χ0n) is 13.8. The van der Waals surface area contributed by atoms with Crippen molar-refractivity contribution >= 4 is 17.5 Å². The van der Waals surface area contributed by atoms with Gasteiger partial charge in [0, 0.05) is 17.6 Å². The maximum Gasteiger partial charge on any atom is 0.421 e. The molecule has 2 bridgehead atoms. The predicted octanol–water partition coefficient (Wildman–Crippen LogP) is 2.73. The summed E-state index contributed by atoms with van der Waals surface area (Å²) in [5.74, 6) is 1.01. The van der Waals surface area contributed by atoms with Crippen LogP contribution in [0.2, 0.25) is 5.35 Å². The first kappa shape index (κ1) is 16.4. The van der Waals surface area contributed by atoms with Crippen LogP contribution in [0.1, 0.15) is 30.1 Å². The van der Waals surface area contributed by atoms with Crippen molar-refractivity contribution in [3.63, 3.8) is 0 Å². The number of carbonyl (C=O) groups excluding carboxylic acids is 1. The lowest BCUT2D eigenvalue weighted by Crippen LogP contribution is -2.62. The summed E-state index contributed by atoms with van der Waals surface area (Å²) in [5, 5.41) is 10.2. The SMILES string of the molecule is CC1C(NC(=O)c2ccc(Oc3nnc(Cl)o3)cc2)C2CCN1CC2. The number of halogens is 1. The smallest absolute Gasteiger partial charge is 0.410 e. The Morgan fingerprint density at radius 1 is 1.28 bits per heavy atom. The Balaban J connectivity index is 1.40. The van der Waals surface area contributed by atoms with Crippen LogP contribution in [0.4, 0.5) is 0 Å². The molecule has 0 spiro atoms. The van der Waals surface area contributed by atoms with Gasteiger partial charge >= 0.3 is 11.4 Å². The van der Waals surface area contributed by atoms with E-state index < -0.39 is 0 Å². The van der Waals surface area contributed by atoms with E-state index in [4.69, 9.17) is 20.8 Å². The first-order valence-corrected chi connectivity index (χ1v) is 8.80. The van der Waals surface area contributed by atoms with Gasteiger partial charge in [-0.2, -0.15) is 0 Å². The number of rotatable bonds is 4. The first-order valence-electron chi connectivity index (χ1n) is 8.42. The van der Waals surface area contributed by atoms with E-state index in [1.54, 1.807) is 24.3 Å². The van der Waals surface area contributed by atoms with E-state index in [9.17, 15) is 4.79 Å². The average molecular weight is 363 g/mol. The molecule has 1 N–H and O–H groups in total. The molecule has 25 heavy (non-hydrogen) atoms. The Labute approximate surface area is 150 Å². The summed E-state index contributed by atoms with van der Waals surface area (Å²) in [6, 6.07) is 7.41. The molecule has 4 heterocycles. The highest BCUT2D eigenvalue weighted by Gasteiger charge is 2.40. The van der Waals surface area contributed by atoms with Crippen molar-refractivity contribution in [2.24, 2.45) is 5.92 Å². The van der Waals surface area contributed by atoms with Gasteiger partial charge < -0.3 is 14.5 Å². The number of fused-ring (bicyclic) bond motifs is 3. The molecule has 2 unspecified atom stereocenters. The van der Waals surface area contributed by atoms with E-state index in [1.165, 1.54) is 0 Å². The Morgan fingerprint density at radius 2 is 2.00 bits per heavy atom. The van der Waals surface area contributed by atoms with E-state index in [1.807, 2.05) is 0 Å². The molecule has 0 radical (unpaired) electrons.